The van der Waals surface area contributed by atoms with Gasteiger partial charge in [0.05, 0.1) is 0 Å². The monoisotopic (exact) mass is 176 g/mol. The van der Waals surface area contributed by atoms with E-state index in [0.29, 0.717) is 0 Å². The molecule has 62 valence electrons. The zero-order chi connectivity index (χ0) is 8.69. The SMILES string of the molecule is O=C(O)C#CCCNS(=O)[O-]. The van der Waals surface area contributed by atoms with Crippen molar-refractivity contribution in [2.75, 3.05) is 6.54 Å². The second-order valence-electron chi connectivity index (χ2n) is 1.49. The third kappa shape index (κ3) is 9.10. The molecule has 0 heterocycles. The predicted molar refractivity (Wildman–Crippen MR) is 37.0 cm³/mol. The Balaban J connectivity index is 3.37. The number of aliphatic carboxylic acids is 1. The van der Waals surface area contributed by atoms with Crippen LogP contribution in [-0.4, -0.2) is 26.4 Å². The van der Waals surface area contributed by atoms with E-state index in [0.717, 1.165) is 0 Å². The number of nitrogens with one attached hydrogen (secondary N) is 1. The third-order valence-electron chi connectivity index (χ3n) is 0.665. The molecule has 11 heavy (non-hydrogen) atoms. The number of carboxylic acids is 1. The first-order valence-corrected chi connectivity index (χ1v) is 3.75. The van der Waals surface area contributed by atoms with Gasteiger partial charge in [-0.15, -0.1) is 0 Å². The van der Waals surface area contributed by atoms with Crippen LogP contribution in [0.5, 0.6) is 0 Å². The van der Waals surface area contributed by atoms with Gasteiger partial charge in [-0.05, 0) is 0 Å². The topological polar surface area (TPSA) is 89.5 Å². The van der Waals surface area contributed by atoms with Gasteiger partial charge < -0.3 is 9.66 Å². The van der Waals surface area contributed by atoms with Gasteiger partial charge in [0, 0.05) is 30.2 Å². The van der Waals surface area contributed by atoms with Crippen LogP contribution in [0.2, 0.25) is 0 Å². The molecule has 0 aromatic rings. The maximum atomic E-state index is 9.82. The number of carboxylic acid groups (broad SMARTS) is 1. The molecule has 0 aromatic carbocycles. The Labute approximate surface area is 66.2 Å². The predicted octanol–water partition coefficient (Wildman–Crippen LogP) is -1.15. The molecule has 0 amide bonds. The van der Waals surface area contributed by atoms with Crippen molar-refractivity contribution in [2.45, 2.75) is 6.42 Å². The van der Waals surface area contributed by atoms with Crippen molar-refractivity contribution >= 4 is 17.2 Å². The lowest BCUT2D eigenvalue weighted by Crippen LogP contribution is -2.17. The van der Waals surface area contributed by atoms with E-state index in [-0.39, 0.29) is 13.0 Å². The van der Waals surface area contributed by atoms with Crippen molar-refractivity contribution in [1.82, 2.24) is 4.72 Å². The van der Waals surface area contributed by atoms with Crippen LogP contribution in [0.1, 0.15) is 6.42 Å². The Morgan fingerprint density at radius 2 is 2.36 bits per heavy atom. The van der Waals surface area contributed by atoms with Gasteiger partial charge >= 0.3 is 5.97 Å². The average Bonchev–Trinajstić information content (AvgIpc) is 1.85. The quantitative estimate of drug-likeness (QED) is 0.323. The van der Waals surface area contributed by atoms with Crippen LogP contribution in [0.15, 0.2) is 0 Å². The average molecular weight is 176 g/mol. The van der Waals surface area contributed by atoms with Crippen molar-refractivity contribution in [1.29, 1.82) is 0 Å². The maximum absolute atomic E-state index is 9.82. The van der Waals surface area contributed by atoms with E-state index in [9.17, 15) is 13.6 Å². The molecule has 2 N–H and O–H groups in total. The molecule has 0 spiro atoms. The summed E-state index contributed by atoms with van der Waals surface area (Å²) < 4.78 is 21.7. The summed E-state index contributed by atoms with van der Waals surface area (Å²) in [5.74, 6) is 2.89. The lowest BCUT2D eigenvalue weighted by Gasteiger charge is -2.02. The van der Waals surface area contributed by atoms with Crippen LogP contribution < -0.4 is 4.72 Å². The highest BCUT2D eigenvalue weighted by Crippen LogP contribution is 1.72. The molecule has 0 fully saturated rings. The van der Waals surface area contributed by atoms with Crippen LogP contribution in [0, 0.1) is 11.8 Å². The Kier molecular flexibility index (Phi) is 5.37. The molecule has 0 saturated heterocycles. The molecule has 0 bridgehead atoms. The summed E-state index contributed by atoms with van der Waals surface area (Å²) in [4.78, 5) is 9.78. The minimum absolute atomic E-state index is 0.135. The summed E-state index contributed by atoms with van der Waals surface area (Å²) >= 11 is -2.29. The fourth-order valence-electron chi connectivity index (χ4n) is 0.335. The first-order chi connectivity index (χ1) is 5.13. The molecule has 1 atom stereocenters. The molecule has 6 heteroatoms. The van der Waals surface area contributed by atoms with Crippen LogP contribution >= 0.6 is 0 Å². The Morgan fingerprint density at radius 3 is 2.82 bits per heavy atom. The van der Waals surface area contributed by atoms with Gasteiger partial charge in [0.25, 0.3) is 0 Å². The largest absolute Gasteiger partial charge is 0.760 e. The normalized spacial score (nSPS) is 11.4. The summed E-state index contributed by atoms with van der Waals surface area (Å²) in [5.41, 5.74) is 0. The van der Waals surface area contributed by atoms with Crippen LogP contribution in [-0.2, 0) is 16.1 Å². The van der Waals surface area contributed by atoms with Crippen molar-refractivity contribution in [2.24, 2.45) is 0 Å². The zero-order valence-corrected chi connectivity index (χ0v) is 6.31. The first-order valence-electron chi connectivity index (χ1n) is 2.67. The smallest absolute Gasteiger partial charge is 0.381 e. The van der Waals surface area contributed by atoms with Gasteiger partial charge in [-0.1, -0.05) is 5.92 Å². The van der Waals surface area contributed by atoms with Gasteiger partial charge in [0.1, 0.15) is 0 Å². The van der Waals surface area contributed by atoms with E-state index < -0.39 is 17.2 Å². The van der Waals surface area contributed by atoms with Crippen LogP contribution in [0.3, 0.4) is 0 Å². The fourth-order valence-corrected chi connectivity index (χ4v) is 0.604. The summed E-state index contributed by atoms with van der Waals surface area (Å²) in [6.07, 6.45) is 0.195. The van der Waals surface area contributed by atoms with E-state index in [1.807, 2.05) is 10.6 Å². The summed E-state index contributed by atoms with van der Waals surface area (Å²) in [6.45, 7) is 0.135. The second kappa shape index (κ2) is 5.85. The highest BCUT2D eigenvalue weighted by molar-refractivity contribution is 7.77. The maximum Gasteiger partial charge on any atom is 0.381 e. The Bertz CT molecular complexity index is 216. The molecule has 0 radical (unpaired) electrons. The lowest BCUT2D eigenvalue weighted by molar-refractivity contribution is -0.130. The van der Waals surface area contributed by atoms with Crippen molar-refractivity contribution in [3.63, 3.8) is 0 Å². The van der Waals surface area contributed by atoms with Crippen molar-refractivity contribution in [3.05, 3.63) is 0 Å². The molecule has 0 aliphatic heterocycles. The number of carbonyl (C=O) groups is 1. The van der Waals surface area contributed by atoms with E-state index in [2.05, 4.69) is 5.92 Å². The van der Waals surface area contributed by atoms with Gasteiger partial charge in [0.2, 0.25) is 0 Å². The van der Waals surface area contributed by atoms with Gasteiger partial charge in [-0.3, -0.25) is 4.21 Å². The van der Waals surface area contributed by atoms with E-state index in [4.69, 9.17) is 5.11 Å². The van der Waals surface area contributed by atoms with E-state index in [1.165, 1.54) is 0 Å². The second-order valence-corrected chi connectivity index (χ2v) is 2.24. The minimum Gasteiger partial charge on any atom is -0.760 e. The molecule has 5 nitrogen and oxygen atoms in total. The minimum atomic E-state index is -2.29. The molecule has 0 aromatic heterocycles. The Morgan fingerprint density at radius 1 is 1.73 bits per heavy atom. The summed E-state index contributed by atoms with van der Waals surface area (Å²) in [7, 11) is 0. The van der Waals surface area contributed by atoms with E-state index in [1.54, 1.807) is 0 Å². The fraction of sp³-hybridized carbons (Fsp3) is 0.400. The molecule has 0 saturated carbocycles. The molecule has 0 aliphatic carbocycles. The van der Waals surface area contributed by atoms with Gasteiger partial charge in [0.15, 0.2) is 0 Å². The first kappa shape index (κ1) is 10.1. The zero-order valence-electron chi connectivity index (χ0n) is 5.49. The van der Waals surface area contributed by atoms with Gasteiger partial charge in [-0.25, -0.2) is 9.52 Å². The number of hydrogen-bond donors (Lipinski definition) is 2. The highest BCUT2D eigenvalue weighted by Gasteiger charge is 1.83. The summed E-state index contributed by atoms with van der Waals surface area (Å²) in [6, 6.07) is 0. The standard InChI is InChI=1S/C5H7NO4S/c7-5(8)3-1-2-4-6-11(9)10/h6H,2,4H2,(H,7,8)(H,9,10)/p-1. The Hall–Kier alpha value is -0.900. The summed E-state index contributed by atoms with van der Waals surface area (Å²) in [5, 5.41) is 8.01. The highest BCUT2D eigenvalue weighted by atomic mass is 32.2. The molecular formula is C5H6NO4S-. The molecule has 1 unspecified atom stereocenters. The molecular weight excluding hydrogens is 170 g/mol. The van der Waals surface area contributed by atoms with Gasteiger partial charge in [-0.2, -0.15) is 0 Å². The van der Waals surface area contributed by atoms with Crippen LogP contribution in [0.25, 0.3) is 0 Å². The van der Waals surface area contributed by atoms with Crippen LogP contribution in [0.4, 0.5) is 0 Å². The third-order valence-corrected chi connectivity index (χ3v) is 1.11. The number of rotatable bonds is 3. The molecule has 0 rings (SSSR count). The lowest BCUT2D eigenvalue weighted by atomic mass is 10.4. The number of hydrogen-bond acceptors (Lipinski definition) is 3. The van der Waals surface area contributed by atoms with E-state index >= 15 is 0 Å². The molecule has 0 aliphatic rings. The van der Waals surface area contributed by atoms with Crippen molar-refractivity contribution < 1.29 is 18.7 Å². The van der Waals surface area contributed by atoms with Crippen molar-refractivity contribution in [3.8, 4) is 11.8 Å².